The molecule has 0 spiro atoms. The molecule has 0 aromatic rings. The quantitative estimate of drug-likeness (QED) is 0.711. The molecule has 1 saturated heterocycles. The highest BCUT2D eigenvalue weighted by atomic mass is 16.5. The fraction of sp³-hybridized carbons (Fsp3) is 1.00. The summed E-state index contributed by atoms with van der Waals surface area (Å²) in [7, 11) is 0. The molecule has 0 aromatic carbocycles. The molecule has 2 rings (SSSR count). The molecule has 1 aliphatic heterocycles. The first-order chi connectivity index (χ1) is 8.88. The van der Waals surface area contributed by atoms with Crippen LogP contribution < -0.4 is 5.32 Å². The SMILES string of the molecule is CCCNC(CCC1CCCC1)CC1CCOC1. The van der Waals surface area contributed by atoms with Crippen molar-refractivity contribution in [3.63, 3.8) is 0 Å². The van der Waals surface area contributed by atoms with Crippen LogP contribution in [0, 0.1) is 11.8 Å². The van der Waals surface area contributed by atoms with Crippen molar-refractivity contribution in [1.82, 2.24) is 5.32 Å². The predicted molar refractivity (Wildman–Crippen MR) is 76.8 cm³/mol. The third kappa shape index (κ3) is 4.89. The molecule has 0 radical (unpaired) electrons. The largest absolute Gasteiger partial charge is 0.381 e. The third-order valence-corrected chi connectivity index (χ3v) is 4.72. The molecule has 2 unspecified atom stereocenters. The maximum absolute atomic E-state index is 5.51. The van der Waals surface area contributed by atoms with Gasteiger partial charge in [-0.25, -0.2) is 0 Å². The zero-order chi connectivity index (χ0) is 12.6. The second kappa shape index (κ2) is 8.16. The Hall–Kier alpha value is -0.0800. The zero-order valence-corrected chi connectivity index (χ0v) is 12.1. The minimum absolute atomic E-state index is 0.747. The number of nitrogens with one attached hydrogen (secondary N) is 1. The van der Waals surface area contributed by atoms with Crippen molar-refractivity contribution in [3.05, 3.63) is 0 Å². The van der Waals surface area contributed by atoms with Crippen molar-refractivity contribution in [1.29, 1.82) is 0 Å². The summed E-state index contributed by atoms with van der Waals surface area (Å²) in [5, 5.41) is 3.76. The van der Waals surface area contributed by atoms with Crippen LogP contribution in [-0.2, 0) is 4.74 Å². The van der Waals surface area contributed by atoms with E-state index in [1.807, 2.05) is 0 Å². The van der Waals surface area contributed by atoms with Gasteiger partial charge in [0, 0.05) is 19.3 Å². The maximum atomic E-state index is 5.51. The Labute approximate surface area is 113 Å². The van der Waals surface area contributed by atoms with E-state index in [1.165, 1.54) is 64.3 Å². The lowest BCUT2D eigenvalue weighted by molar-refractivity contribution is 0.180. The molecule has 1 saturated carbocycles. The molecule has 0 bridgehead atoms. The molecule has 2 nitrogen and oxygen atoms in total. The van der Waals surface area contributed by atoms with Crippen molar-refractivity contribution < 1.29 is 4.74 Å². The van der Waals surface area contributed by atoms with Crippen molar-refractivity contribution in [3.8, 4) is 0 Å². The summed E-state index contributed by atoms with van der Waals surface area (Å²) >= 11 is 0. The Morgan fingerprint density at radius 3 is 2.67 bits per heavy atom. The smallest absolute Gasteiger partial charge is 0.0495 e. The fourth-order valence-electron chi connectivity index (χ4n) is 3.56. The Kier molecular flexibility index (Phi) is 6.50. The molecule has 106 valence electrons. The van der Waals surface area contributed by atoms with E-state index in [1.54, 1.807) is 0 Å². The van der Waals surface area contributed by atoms with Gasteiger partial charge in [0.05, 0.1) is 0 Å². The molecule has 2 atom stereocenters. The number of rotatable bonds is 8. The molecule has 18 heavy (non-hydrogen) atoms. The van der Waals surface area contributed by atoms with E-state index in [2.05, 4.69) is 12.2 Å². The second-order valence-corrected chi connectivity index (χ2v) is 6.34. The molecular formula is C16H31NO. The van der Waals surface area contributed by atoms with Crippen LogP contribution in [0.1, 0.15) is 64.7 Å². The van der Waals surface area contributed by atoms with Gasteiger partial charge >= 0.3 is 0 Å². The molecule has 2 heteroatoms. The Balaban J connectivity index is 1.68. The molecule has 1 aliphatic carbocycles. The summed E-state index contributed by atoms with van der Waals surface area (Å²) in [5.74, 6) is 1.86. The predicted octanol–water partition coefficient (Wildman–Crippen LogP) is 3.75. The first-order valence-electron chi connectivity index (χ1n) is 8.19. The van der Waals surface area contributed by atoms with Gasteiger partial charge in [-0.2, -0.15) is 0 Å². The van der Waals surface area contributed by atoms with E-state index in [4.69, 9.17) is 4.74 Å². The van der Waals surface area contributed by atoms with Crippen LogP contribution in [0.25, 0.3) is 0 Å². The average molecular weight is 253 g/mol. The zero-order valence-electron chi connectivity index (χ0n) is 12.1. The molecule has 2 fully saturated rings. The lowest BCUT2D eigenvalue weighted by Crippen LogP contribution is -2.32. The molecular weight excluding hydrogens is 222 g/mol. The van der Waals surface area contributed by atoms with Crippen molar-refractivity contribution in [2.24, 2.45) is 11.8 Å². The number of hydrogen-bond acceptors (Lipinski definition) is 2. The van der Waals surface area contributed by atoms with Crippen LogP contribution in [-0.4, -0.2) is 25.8 Å². The van der Waals surface area contributed by atoms with Gasteiger partial charge in [-0.15, -0.1) is 0 Å². The van der Waals surface area contributed by atoms with Crippen molar-refractivity contribution in [2.45, 2.75) is 70.8 Å². The van der Waals surface area contributed by atoms with Gasteiger partial charge in [0.1, 0.15) is 0 Å². The third-order valence-electron chi connectivity index (χ3n) is 4.72. The monoisotopic (exact) mass is 253 g/mol. The normalized spacial score (nSPS) is 26.8. The first kappa shape index (κ1) is 14.3. The van der Waals surface area contributed by atoms with Crippen molar-refractivity contribution >= 4 is 0 Å². The van der Waals surface area contributed by atoms with Crippen LogP contribution in [0.5, 0.6) is 0 Å². The van der Waals surface area contributed by atoms with E-state index >= 15 is 0 Å². The van der Waals surface area contributed by atoms with E-state index in [-0.39, 0.29) is 0 Å². The summed E-state index contributed by atoms with van der Waals surface area (Å²) in [6, 6.07) is 0.747. The van der Waals surface area contributed by atoms with Crippen LogP contribution >= 0.6 is 0 Å². The highest BCUT2D eigenvalue weighted by Gasteiger charge is 2.22. The minimum Gasteiger partial charge on any atom is -0.381 e. The first-order valence-corrected chi connectivity index (χ1v) is 8.19. The van der Waals surface area contributed by atoms with Gasteiger partial charge in [0.15, 0.2) is 0 Å². The molecule has 0 amide bonds. The fourth-order valence-corrected chi connectivity index (χ4v) is 3.56. The van der Waals surface area contributed by atoms with E-state index in [9.17, 15) is 0 Å². The molecule has 1 N–H and O–H groups in total. The van der Waals surface area contributed by atoms with Gasteiger partial charge in [-0.05, 0) is 50.5 Å². The van der Waals surface area contributed by atoms with E-state index in [0.717, 1.165) is 31.1 Å². The van der Waals surface area contributed by atoms with Gasteiger partial charge in [0.25, 0.3) is 0 Å². The van der Waals surface area contributed by atoms with Gasteiger partial charge in [-0.1, -0.05) is 32.6 Å². The number of ether oxygens (including phenoxy) is 1. The van der Waals surface area contributed by atoms with E-state index in [0.29, 0.717) is 0 Å². The highest BCUT2D eigenvalue weighted by molar-refractivity contribution is 4.77. The lowest BCUT2D eigenvalue weighted by Gasteiger charge is -2.22. The van der Waals surface area contributed by atoms with Gasteiger partial charge < -0.3 is 10.1 Å². The van der Waals surface area contributed by atoms with Crippen molar-refractivity contribution in [2.75, 3.05) is 19.8 Å². The summed E-state index contributed by atoms with van der Waals surface area (Å²) < 4.78 is 5.51. The Morgan fingerprint density at radius 2 is 2.00 bits per heavy atom. The minimum atomic E-state index is 0.747. The summed E-state index contributed by atoms with van der Waals surface area (Å²) in [6.45, 7) is 5.45. The van der Waals surface area contributed by atoms with Gasteiger partial charge in [-0.3, -0.25) is 0 Å². The standard InChI is InChI=1S/C16H31NO/c1-2-10-17-16(12-15-9-11-18-13-15)8-7-14-5-3-4-6-14/h14-17H,2-13H2,1H3. The summed E-state index contributed by atoms with van der Waals surface area (Å²) in [4.78, 5) is 0. The highest BCUT2D eigenvalue weighted by Crippen LogP contribution is 2.30. The molecule has 2 aliphatic rings. The lowest BCUT2D eigenvalue weighted by atomic mass is 9.92. The second-order valence-electron chi connectivity index (χ2n) is 6.34. The maximum Gasteiger partial charge on any atom is 0.0495 e. The number of hydrogen-bond donors (Lipinski definition) is 1. The average Bonchev–Trinajstić information content (AvgIpc) is 3.05. The topological polar surface area (TPSA) is 21.3 Å². The molecule has 0 aromatic heterocycles. The summed E-state index contributed by atoms with van der Waals surface area (Å²) in [5.41, 5.74) is 0. The Bertz CT molecular complexity index is 207. The molecule has 1 heterocycles. The Morgan fingerprint density at radius 1 is 1.17 bits per heavy atom. The van der Waals surface area contributed by atoms with Gasteiger partial charge in [0.2, 0.25) is 0 Å². The van der Waals surface area contributed by atoms with Crippen LogP contribution in [0.4, 0.5) is 0 Å². The van der Waals surface area contributed by atoms with Crippen LogP contribution in [0.2, 0.25) is 0 Å². The van der Waals surface area contributed by atoms with E-state index < -0.39 is 0 Å². The summed E-state index contributed by atoms with van der Waals surface area (Å²) in [6.07, 6.45) is 12.7. The van der Waals surface area contributed by atoms with Crippen LogP contribution in [0.15, 0.2) is 0 Å². The van der Waals surface area contributed by atoms with Crippen LogP contribution in [0.3, 0.4) is 0 Å².